The average Bonchev–Trinajstić information content (AvgIpc) is 2.28. The van der Waals surface area contributed by atoms with Gasteiger partial charge in [0.05, 0.1) is 11.1 Å². The van der Waals surface area contributed by atoms with Crippen LogP contribution in [0.4, 0.5) is 0 Å². The Morgan fingerprint density at radius 1 is 1.22 bits per heavy atom. The largest absolute Gasteiger partial charge is 0.411 e. The van der Waals surface area contributed by atoms with E-state index in [-0.39, 0.29) is 5.78 Å². The van der Waals surface area contributed by atoms with Crippen molar-refractivity contribution in [1.29, 1.82) is 0 Å². The second-order valence-corrected chi connectivity index (χ2v) is 6.38. The van der Waals surface area contributed by atoms with E-state index in [0.717, 1.165) is 6.42 Å². The fourth-order valence-electron chi connectivity index (χ4n) is 2.92. The maximum atomic E-state index is 12.1. The van der Waals surface area contributed by atoms with Crippen molar-refractivity contribution in [3.05, 3.63) is 0 Å². The highest BCUT2D eigenvalue weighted by atomic mass is 17.2. The van der Waals surface area contributed by atoms with Crippen LogP contribution in [0.1, 0.15) is 53.4 Å². The maximum absolute atomic E-state index is 12.1. The van der Waals surface area contributed by atoms with Crippen molar-refractivity contribution in [2.24, 2.45) is 10.6 Å². The smallest absolute Gasteiger partial charge is 0.157 e. The highest BCUT2D eigenvalue weighted by molar-refractivity contribution is 6.01. The van der Waals surface area contributed by atoms with E-state index in [0.29, 0.717) is 25.0 Å². The van der Waals surface area contributed by atoms with E-state index in [1.165, 1.54) is 0 Å². The third kappa shape index (κ3) is 1.77. The van der Waals surface area contributed by atoms with Crippen LogP contribution >= 0.6 is 0 Å². The summed E-state index contributed by atoms with van der Waals surface area (Å²) < 4.78 is 0. The molecule has 2 aliphatic rings. The van der Waals surface area contributed by atoms with Crippen LogP contribution in [0.25, 0.3) is 0 Å². The molecule has 0 aromatic rings. The molecule has 1 atom stereocenters. The Balaban J connectivity index is 2.43. The second-order valence-electron chi connectivity index (χ2n) is 6.38. The number of hydrogen-bond donors (Lipinski definition) is 1. The molecule has 1 spiro atoms. The third-order valence-corrected chi connectivity index (χ3v) is 4.23. The summed E-state index contributed by atoms with van der Waals surface area (Å²) in [5, 5.41) is 12.7. The Labute approximate surface area is 107 Å². The van der Waals surface area contributed by atoms with E-state index in [4.69, 9.17) is 9.78 Å². The lowest BCUT2D eigenvalue weighted by Crippen LogP contribution is -2.63. The van der Waals surface area contributed by atoms with E-state index in [1.54, 1.807) is 0 Å². The van der Waals surface area contributed by atoms with Gasteiger partial charge in [-0.3, -0.25) is 4.79 Å². The zero-order valence-corrected chi connectivity index (χ0v) is 11.4. The zero-order valence-electron chi connectivity index (χ0n) is 11.4. The first-order chi connectivity index (χ1) is 8.25. The topological polar surface area (TPSA) is 68.1 Å². The fourth-order valence-corrected chi connectivity index (χ4v) is 2.92. The summed E-state index contributed by atoms with van der Waals surface area (Å²) in [4.78, 5) is 23.2. The molecule has 2 fully saturated rings. The van der Waals surface area contributed by atoms with Gasteiger partial charge in [-0.05, 0) is 40.5 Å². The van der Waals surface area contributed by atoms with Gasteiger partial charge in [0.25, 0.3) is 0 Å². The Morgan fingerprint density at radius 2 is 1.89 bits per heavy atom. The second kappa shape index (κ2) is 4.03. The van der Waals surface area contributed by atoms with E-state index >= 15 is 0 Å². The summed E-state index contributed by atoms with van der Waals surface area (Å²) in [5.74, 6) is 0.123. The van der Waals surface area contributed by atoms with Crippen LogP contribution < -0.4 is 0 Å². The lowest BCUT2D eigenvalue weighted by molar-refractivity contribution is -0.418. The number of ketones is 1. The van der Waals surface area contributed by atoms with Crippen LogP contribution in [0.5, 0.6) is 0 Å². The molecule has 1 saturated heterocycles. The standard InChI is InChI=1S/C13H21NO4/c1-11(2)8-9(14-16)13(18-17-11)7-5-6-10(15)12(13,3)4/h16H,5-8H2,1-4H3. The minimum Gasteiger partial charge on any atom is -0.411 e. The zero-order chi connectivity index (χ0) is 13.6. The van der Waals surface area contributed by atoms with Crippen molar-refractivity contribution in [2.75, 3.05) is 0 Å². The van der Waals surface area contributed by atoms with Gasteiger partial charge in [0.15, 0.2) is 5.60 Å². The summed E-state index contributed by atoms with van der Waals surface area (Å²) in [6.07, 6.45) is 2.37. The van der Waals surface area contributed by atoms with E-state index < -0.39 is 16.6 Å². The SMILES string of the molecule is CC1(C)CC(=NO)C2(CCCC(=O)C2(C)C)OO1. The van der Waals surface area contributed by atoms with Crippen LogP contribution in [0, 0.1) is 5.41 Å². The van der Waals surface area contributed by atoms with Gasteiger partial charge in [-0.25, -0.2) is 9.78 Å². The lowest BCUT2D eigenvalue weighted by Gasteiger charge is -2.51. The van der Waals surface area contributed by atoms with Crippen LogP contribution in [0.3, 0.4) is 0 Å². The molecule has 2 rings (SSSR count). The molecule has 1 aliphatic carbocycles. The molecule has 18 heavy (non-hydrogen) atoms. The molecule has 1 saturated carbocycles. The molecule has 0 amide bonds. The van der Waals surface area contributed by atoms with Gasteiger partial charge < -0.3 is 5.21 Å². The molecule has 0 aromatic heterocycles. The number of Topliss-reactive ketones (excluding diaryl/α,β-unsaturated/α-hetero) is 1. The first kappa shape index (κ1) is 13.5. The molecule has 1 heterocycles. The number of carbonyl (C=O) groups is 1. The Hall–Kier alpha value is -0.940. The van der Waals surface area contributed by atoms with Crippen molar-refractivity contribution < 1.29 is 19.8 Å². The molecule has 0 aromatic carbocycles. The minimum atomic E-state index is -0.924. The number of rotatable bonds is 0. The predicted molar refractivity (Wildman–Crippen MR) is 65.5 cm³/mol. The number of nitrogens with zero attached hydrogens (tertiary/aromatic N) is 1. The number of oxime groups is 1. The molecule has 1 unspecified atom stereocenters. The molecule has 102 valence electrons. The molecule has 1 aliphatic heterocycles. The van der Waals surface area contributed by atoms with Gasteiger partial charge in [0, 0.05) is 12.8 Å². The summed E-state index contributed by atoms with van der Waals surface area (Å²) in [6.45, 7) is 7.40. The highest BCUT2D eigenvalue weighted by Crippen LogP contribution is 2.49. The van der Waals surface area contributed by atoms with Gasteiger partial charge >= 0.3 is 0 Å². The maximum Gasteiger partial charge on any atom is 0.157 e. The van der Waals surface area contributed by atoms with Crippen LogP contribution in [0.15, 0.2) is 5.16 Å². The molecule has 0 bridgehead atoms. The fraction of sp³-hybridized carbons (Fsp3) is 0.846. The van der Waals surface area contributed by atoms with E-state index in [9.17, 15) is 10.0 Å². The summed E-state index contributed by atoms with van der Waals surface area (Å²) >= 11 is 0. The first-order valence-corrected chi connectivity index (χ1v) is 6.37. The van der Waals surface area contributed by atoms with Crippen molar-refractivity contribution >= 4 is 11.5 Å². The number of carbonyl (C=O) groups excluding carboxylic acids is 1. The van der Waals surface area contributed by atoms with Crippen molar-refractivity contribution in [3.63, 3.8) is 0 Å². The van der Waals surface area contributed by atoms with E-state index in [1.807, 2.05) is 27.7 Å². The van der Waals surface area contributed by atoms with Crippen LogP contribution in [-0.2, 0) is 14.6 Å². The van der Waals surface area contributed by atoms with Gasteiger partial charge in [0.1, 0.15) is 11.4 Å². The average molecular weight is 255 g/mol. The van der Waals surface area contributed by atoms with Crippen molar-refractivity contribution in [2.45, 2.75) is 64.6 Å². The molecule has 1 N–H and O–H groups in total. The first-order valence-electron chi connectivity index (χ1n) is 6.37. The Kier molecular flexibility index (Phi) is 3.02. The Morgan fingerprint density at radius 3 is 2.50 bits per heavy atom. The van der Waals surface area contributed by atoms with Gasteiger partial charge in [0.2, 0.25) is 0 Å². The van der Waals surface area contributed by atoms with Crippen LogP contribution in [-0.4, -0.2) is 27.9 Å². The quantitative estimate of drug-likeness (QED) is 0.410. The third-order valence-electron chi connectivity index (χ3n) is 4.23. The van der Waals surface area contributed by atoms with Gasteiger partial charge in [-0.2, -0.15) is 0 Å². The van der Waals surface area contributed by atoms with Crippen LogP contribution in [0.2, 0.25) is 0 Å². The monoisotopic (exact) mass is 255 g/mol. The molecule has 5 heteroatoms. The lowest BCUT2D eigenvalue weighted by atomic mass is 9.61. The normalized spacial score (nSPS) is 37.1. The van der Waals surface area contributed by atoms with Gasteiger partial charge in [-0.15, -0.1) is 0 Å². The summed E-state index contributed by atoms with van der Waals surface area (Å²) in [5.41, 5.74) is -1.68. The van der Waals surface area contributed by atoms with Gasteiger partial charge in [-0.1, -0.05) is 5.16 Å². The molecule has 0 radical (unpaired) electrons. The molecular formula is C13H21NO4. The molecule has 5 nitrogen and oxygen atoms in total. The summed E-state index contributed by atoms with van der Waals surface area (Å²) in [6, 6.07) is 0. The molecular weight excluding hydrogens is 234 g/mol. The van der Waals surface area contributed by atoms with Crippen molar-refractivity contribution in [1.82, 2.24) is 0 Å². The van der Waals surface area contributed by atoms with E-state index in [2.05, 4.69) is 5.16 Å². The summed E-state index contributed by atoms with van der Waals surface area (Å²) in [7, 11) is 0. The number of hydrogen-bond acceptors (Lipinski definition) is 5. The van der Waals surface area contributed by atoms with Crippen molar-refractivity contribution in [3.8, 4) is 0 Å². The highest BCUT2D eigenvalue weighted by Gasteiger charge is 2.60. The Bertz CT molecular complexity index is 400. The minimum absolute atomic E-state index is 0.123. The predicted octanol–water partition coefficient (Wildman–Crippen LogP) is 2.47.